The number of carbonyl (C=O) groups is 1. The molecule has 2 aromatic rings. The smallest absolute Gasteiger partial charge is 0.262 e. The van der Waals surface area contributed by atoms with Crippen LogP contribution in [0.1, 0.15) is 21.6 Å². The van der Waals surface area contributed by atoms with Crippen LogP contribution in [0.5, 0.6) is 0 Å². The molecule has 34 heavy (non-hydrogen) atoms. The number of benzene rings is 2. The highest BCUT2D eigenvalue weighted by Gasteiger charge is 2.32. The Balaban J connectivity index is 2.26. The van der Waals surface area contributed by atoms with Crippen molar-refractivity contribution in [2.45, 2.75) is 16.5 Å². The third-order valence-electron chi connectivity index (χ3n) is 4.72. The van der Waals surface area contributed by atoms with Crippen molar-refractivity contribution < 1.29 is 26.8 Å². The summed E-state index contributed by atoms with van der Waals surface area (Å²) in [6.07, 6.45) is 2.31. The van der Waals surface area contributed by atoms with Crippen molar-refractivity contribution in [3.05, 3.63) is 95.0 Å². The van der Waals surface area contributed by atoms with Crippen LogP contribution in [0.3, 0.4) is 0 Å². The van der Waals surface area contributed by atoms with Crippen molar-refractivity contribution >= 4 is 49.2 Å². The van der Waals surface area contributed by atoms with Gasteiger partial charge >= 0.3 is 0 Å². The molecule has 2 aromatic carbocycles. The Hall–Kier alpha value is -2.25. The summed E-state index contributed by atoms with van der Waals surface area (Å²) in [6, 6.07) is 10.2. The van der Waals surface area contributed by atoms with E-state index >= 15 is 0 Å². The van der Waals surface area contributed by atoms with E-state index < -0.39 is 49.0 Å². The second kappa shape index (κ2) is 11.9. The predicted molar refractivity (Wildman–Crippen MR) is 131 cm³/mol. The first kappa shape index (κ1) is 28.0. The van der Waals surface area contributed by atoms with E-state index in [-0.39, 0.29) is 0 Å². The van der Waals surface area contributed by atoms with E-state index in [1.54, 1.807) is 0 Å². The molecule has 0 aliphatic rings. The topological polar surface area (TPSA) is 142 Å². The Morgan fingerprint density at radius 3 is 1.65 bits per heavy atom. The second-order valence-electron chi connectivity index (χ2n) is 7.00. The van der Waals surface area contributed by atoms with Gasteiger partial charge in [0.1, 0.15) is 16.5 Å². The van der Waals surface area contributed by atoms with Gasteiger partial charge in [-0.15, -0.1) is 13.2 Å². The third-order valence-corrected chi connectivity index (χ3v) is 8.67. The van der Waals surface area contributed by atoms with Crippen LogP contribution < -0.4 is 14.9 Å². The number of hydrogen-bond donors (Lipinski definition) is 4. The lowest BCUT2D eigenvalue weighted by atomic mass is 10.1. The van der Waals surface area contributed by atoms with Crippen molar-refractivity contribution in [2.75, 3.05) is 6.54 Å². The maximum absolute atomic E-state index is 13.0. The maximum atomic E-state index is 13.0. The first-order valence-electron chi connectivity index (χ1n) is 9.64. The summed E-state index contributed by atoms with van der Waals surface area (Å²) >= 11 is 11.7. The number of halogens is 2. The fourth-order valence-electron chi connectivity index (χ4n) is 3.02. The number of amides is 1. The summed E-state index contributed by atoms with van der Waals surface area (Å²) in [5.74, 6) is -1.17. The van der Waals surface area contributed by atoms with Crippen LogP contribution in [0.25, 0.3) is 0 Å². The molecule has 1 amide bonds. The van der Waals surface area contributed by atoms with E-state index in [9.17, 15) is 21.6 Å². The van der Waals surface area contributed by atoms with Crippen LogP contribution in [0, 0.1) is 0 Å². The van der Waals surface area contributed by atoms with Crippen molar-refractivity contribution in [1.82, 2.24) is 14.9 Å². The molecule has 9 nitrogen and oxygen atoms in total. The van der Waals surface area contributed by atoms with Crippen LogP contribution in [-0.4, -0.2) is 40.5 Å². The molecule has 13 heteroatoms. The summed E-state index contributed by atoms with van der Waals surface area (Å²) in [7, 11) is -8.45. The molecule has 0 heterocycles. The highest BCUT2D eigenvalue weighted by atomic mass is 35.5. The highest BCUT2D eigenvalue weighted by Crippen LogP contribution is 2.26. The summed E-state index contributed by atoms with van der Waals surface area (Å²) in [5.41, 5.74) is 1.99. The van der Waals surface area contributed by atoms with Crippen molar-refractivity contribution in [3.8, 4) is 0 Å². The number of hydrogen-bond acceptors (Lipinski definition) is 6. The third kappa shape index (κ3) is 7.12. The summed E-state index contributed by atoms with van der Waals surface area (Å²) < 4.78 is 55.9. The fourth-order valence-corrected chi connectivity index (χ4v) is 6.12. The molecule has 0 aromatic heterocycles. The van der Waals surface area contributed by atoms with Gasteiger partial charge in [-0.1, -0.05) is 59.6 Å². The Bertz CT molecular complexity index is 1230. The maximum Gasteiger partial charge on any atom is 0.262 e. The lowest BCUT2D eigenvalue weighted by molar-refractivity contribution is -0.130. The zero-order valence-electron chi connectivity index (χ0n) is 17.7. The van der Waals surface area contributed by atoms with Gasteiger partial charge in [0.15, 0.2) is 0 Å². The van der Waals surface area contributed by atoms with Crippen LogP contribution in [0.15, 0.2) is 73.8 Å². The van der Waals surface area contributed by atoms with Gasteiger partial charge in [0.05, 0.1) is 0 Å². The molecule has 3 atom stereocenters. The van der Waals surface area contributed by atoms with Crippen LogP contribution >= 0.6 is 23.2 Å². The number of hydroxylamine groups is 1. The number of sulfonamides is 2. The van der Waals surface area contributed by atoms with Crippen LogP contribution in [0.2, 0.25) is 10.0 Å². The predicted octanol–water partition coefficient (Wildman–Crippen LogP) is 2.86. The summed E-state index contributed by atoms with van der Waals surface area (Å²) in [5, 5.41) is 7.35. The van der Waals surface area contributed by atoms with E-state index in [1.807, 2.05) is 0 Å². The minimum Gasteiger partial charge on any atom is -0.289 e. The molecule has 184 valence electrons. The monoisotopic (exact) mass is 547 g/mol. The van der Waals surface area contributed by atoms with Crippen molar-refractivity contribution in [3.63, 3.8) is 0 Å². The molecule has 2 rings (SSSR count). The first-order valence-corrected chi connectivity index (χ1v) is 13.5. The number of rotatable bonds is 12. The Morgan fingerprint density at radius 2 is 1.26 bits per heavy atom. The van der Waals surface area contributed by atoms with Gasteiger partial charge in [-0.05, 0) is 35.4 Å². The molecule has 4 N–H and O–H groups in total. The second-order valence-corrected chi connectivity index (χ2v) is 11.6. The molecule has 0 spiro atoms. The molecule has 0 saturated carbocycles. The van der Waals surface area contributed by atoms with Gasteiger partial charge in [-0.3, -0.25) is 10.0 Å². The molecule has 0 saturated heterocycles. The van der Waals surface area contributed by atoms with E-state index in [0.717, 1.165) is 6.08 Å². The van der Waals surface area contributed by atoms with Gasteiger partial charge in [0.25, 0.3) is 5.91 Å². The molecular weight excluding hydrogens is 525 g/mol. The van der Waals surface area contributed by atoms with E-state index in [1.165, 1.54) is 60.1 Å². The first-order chi connectivity index (χ1) is 15.9. The van der Waals surface area contributed by atoms with E-state index in [4.69, 9.17) is 28.4 Å². The molecule has 0 aliphatic carbocycles. The Morgan fingerprint density at radius 1 is 0.853 bits per heavy atom. The standard InChI is InChI=1S/C21H23Cl2N3O6S2/c1-3-19(14-5-9-16(22)10-6-14)33(29,30)24-13-18(21(27)25-28)26-34(31,32)20(4-2)15-7-11-17(23)12-8-15/h3-12,18-20,24,26,28H,1-2,13H2,(H,25,27). The lowest BCUT2D eigenvalue weighted by Crippen LogP contribution is -2.53. The van der Waals surface area contributed by atoms with Gasteiger partial charge in [-0.25, -0.2) is 31.8 Å². The van der Waals surface area contributed by atoms with E-state index in [0.29, 0.717) is 21.2 Å². The number of nitrogens with one attached hydrogen (secondary N) is 3. The minimum absolute atomic E-state index is 0.310. The average molecular weight is 548 g/mol. The highest BCUT2D eigenvalue weighted by molar-refractivity contribution is 7.90. The normalized spacial score (nSPS) is 14.6. The van der Waals surface area contributed by atoms with Gasteiger partial charge in [-0.2, -0.15) is 0 Å². The minimum atomic E-state index is -4.30. The van der Waals surface area contributed by atoms with Gasteiger partial charge in [0.2, 0.25) is 20.0 Å². The van der Waals surface area contributed by atoms with Gasteiger partial charge in [0, 0.05) is 16.6 Å². The zero-order chi connectivity index (χ0) is 25.5. The molecule has 0 aliphatic heterocycles. The van der Waals surface area contributed by atoms with E-state index in [2.05, 4.69) is 22.6 Å². The molecule has 3 unspecified atom stereocenters. The average Bonchev–Trinajstić information content (AvgIpc) is 2.79. The summed E-state index contributed by atoms with van der Waals surface area (Å²) in [6.45, 7) is 6.36. The lowest BCUT2D eigenvalue weighted by Gasteiger charge is -2.22. The molecule has 0 bridgehead atoms. The largest absolute Gasteiger partial charge is 0.289 e. The van der Waals surface area contributed by atoms with Crippen LogP contribution in [0.4, 0.5) is 0 Å². The molecule has 0 radical (unpaired) electrons. The quantitative estimate of drug-likeness (QED) is 0.183. The van der Waals surface area contributed by atoms with Gasteiger partial charge < -0.3 is 0 Å². The fraction of sp³-hybridized carbons (Fsp3) is 0.190. The summed E-state index contributed by atoms with van der Waals surface area (Å²) in [4.78, 5) is 12.1. The Labute approximate surface area is 208 Å². The van der Waals surface area contributed by atoms with Crippen LogP contribution in [-0.2, 0) is 24.8 Å². The SMILES string of the molecule is C=CC(c1ccc(Cl)cc1)S(=O)(=O)NCC(NS(=O)(=O)C(C=C)c1ccc(Cl)cc1)C(=O)NO. The molecule has 0 fully saturated rings. The number of carbonyl (C=O) groups excluding carboxylic acids is 1. The van der Waals surface area contributed by atoms with Crippen molar-refractivity contribution in [2.24, 2.45) is 0 Å². The zero-order valence-corrected chi connectivity index (χ0v) is 20.8. The van der Waals surface area contributed by atoms with Crippen molar-refractivity contribution in [1.29, 1.82) is 0 Å². The Kier molecular flexibility index (Phi) is 9.83. The molecular formula is C21H23Cl2N3O6S2.